The van der Waals surface area contributed by atoms with Gasteiger partial charge in [-0.3, -0.25) is 9.78 Å². The smallest absolute Gasteiger partial charge is 0.256 e. The van der Waals surface area contributed by atoms with Crippen molar-refractivity contribution in [1.29, 1.82) is 0 Å². The zero-order valence-electron chi connectivity index (χ0n) is 24.2. The molecule has 0 saturated heterocycles. The van der Waals surface area contributed by atoms with Gasteiger partial charge < -0.3 is 11.1 Å². The Morgan fingerprint density at radius 1 is 1.05 bits per heavy atom. The molecule has 0 unspecified atom stereocenters. The third kappa shape index (κ3) is 10.1. The average molecular weight is 540 g/mol. The number of amides is 1. The molecule has 3 aromatic rings. The summed E-state index contributed by atoms with van der Waals surface area (Å²) in [5, 5.41) is 6.13. The van der Waals surface area contributed by atoms with Crippen LogP contribution in [0.25, 0.3) is 10.8 Å². The summed E-state index contributed by atoms with van der Waals surface area (Å²) in [5.41, 5.74) is 10.5. The van der Waals surface area contributed by atoms with Gasteiger partial charge in [-0.15, -0.1) is 0 Å². The van der Waals surface area contributed by atoms with E-state index in [4.69, 9.17) is 5.73 Å². The summed E-state index contributed by atoms with van der Waals surface area (Å²) in [6, 6.07) is 11.8. The molecule has 1 aromatic heterocycles. The number of unbranched alkanes of at least 4 members (excludes halogenated alkanes) is 1. The van der Waals surface area contributed by atoms with E-state index in [9.17, 15) is 4.79 Å². The second kappa shape index (κ2) is 16.3. The van der Waals surface area contributed by atoms with Crippen molar-refractivity contribution < 1.29 is 4.79 Å². The van der Waals surface area contributed by atoms with E-state index in [1.54, 1.807) is 18.0 Å². The monoisotopic (exact) mass is 539 g/mol. The van der Waals surface area contributed by atoms with Crippen molar-refractivity contribution in [3.8, 4) is 11.8 Å². The van der Waals surface area contributed by atoms with Gasteiger partial charge in [-0.1, -0.05) is 93.3 Å². The van der Waals surface area contributed by atoms with Crippen LogP contribution in [0.15, 0.2) is 83.2 Å². The number of pyridine rings is 1. The second-order valence-corrected chi connectivity index (χ2v) is 10.6. The number of benzene rings is 2. The predicted octanol–water partition coefficient (Wildman–Crippen LogP) is 8.54. The average Bonchev–Trinajstić information content (AvgIpc) is 2.91. The highest BCUT2D eigenvalue weighted by molar-refractivity contribution is 8.06. The molecule has 0 spiro atoms. The Morgan fingerprint density at radius 2 is 1.79 bits per heavy atom. The van der Waals surface area contributed by atoms with E-state index in [2.05, 4.69) is 67.7 Å². The van der Waals surface area contributed by atoms with Crippen LogP contribution in [0.2, 0.25) is 0 Å². The molecule has 0 aliphatic carbocycles. The number of allylic oxidation sites excluding steroid dienone is 4. The minimum atomic E-state index is -0.126. The van der Waals surface area contributed by atoms with Gasteiger partial charge in [-0.2, -0.15) is 0 Å². The predicted molar refractivity (Wildman–Crippen MR) is 169 cm³/mol. The molecule has 5 heteroatoms. The molecule has 1 heterocycles. The lowest BCUT2D eigenvalue weighted by Crippen LogP contribution is -2.21. The maximum absolute atomic E-state index is 13.0. The summed E-state index contributed by atoms with van der Waals surface area (Å²) in [4.78, 5) is 18.5. The summed E-state index contributed by atoms with van der Waals surface area (Å²) in [6.07, 6.45) is 11.8. The number of thioether (sulfide) groups is 1. The topological polar surface area (TPSA) is 68.0 Å². The Balaban J connectivity index is 0.000000798. The van der Waals surface area contributed by atoms with Crippen LogP contribution >= 0.6 is 11.8 Å². The highest BCUT2D eigenvalue weighted by Crippen LogP contribution is 2.24. The number of rotatable bonds is 8. The van der Waals surface area contributed by atoms with Crippen molar-refractivity contribution >= 4 is 28.4 Å². The number of carbonyl (C=O) groups excluding carboxylic acids is 1. The van der Waals surface area contributed by atoms with Crippen LogP contribution in [0.4, 0.5) is 0 Å². The Bertz CT molecular complexity index is 1420. The number of nitrogens with two attached hydrogens (primary N) is 1. The summed E-state index contributed by atoms with van der Waals surface area (Å²) in [5.74, 6) is 6.41. The zero-order chi connectivity index (χ0) is 28.8. The van der Waals surface area contributed by atoms with Crippen LogP contribution in [0, 0.1) is 25.7 Å². The first kappa shape index (κ1) is 31.5. The number of carbonyl (C=O) groups is 1. The fraction of sp³-hybridized carbons (Fsp3) is 0.294. The molecule has 0 radical (unpaired) electrons. The van der Waals surface area contributed by atoms with Crippen LogP contribution in [0.1, 0.15) is 86.0 Å². The summed E-state index contributed by atoms with van der Waals surface area (Å²) >= 11 is 1.58. The number of aryl methyl sites for hydroxylation is 2. The summed E-state index contributed by atoms with van der Waals surface area (Å²) < 4.78 is 0. The third-order valence-electron chi connectivity index (χ3n) is 5.96. The minimum absolute atomic E-state index is 0.126. The van der Waals surface area contributed by atoms with Crippen molar-refractivity contribution in [3.05, 3.63) is 111 Å². The number of hydrogen-bond acceptors (Lipinski definition) is 4. The molecule has 204 valence electrons. The van der Waals surface area contributed by atoms with Crippen LogP contribution in [-0.2, 0) is 0 Å². The zero-order valence-corrected chi connectivity index (χ0v) is 25.0. The van der Waals surface area contributed by atoms with Crippen molar-refractivity contribution in [3.63, 3.8) is 0 Å². The first-order chi connectivity index (χ1) is 18.7. The van der Waals surface area contributed by atoms with Gasteiger partial charge >= 0.3 is 0 Å². The lowest BCUT2D eigenvalue weighted by molar-refractivity contribution is 0.0968. The molecular formula is C34H41N3OS. The summed E-state index contributed by atoms with van der Waals surface area (Å²) in [7, 11) is 0. The quantitative estimate of drug-likeness (QED) is 0.281. The minimum Gasteiger partial charge on any atom is -0.403 e. The van der Waals surface area contributed by atoms with Crippen molar-refractivity contribution in [2.24, 2.45) is 5.73 Å². The van der Waals surface area contributed by atoms with Crippen LogP contribution in [0.5, 0.6) is 0 Å². The summed E-state index contributed by atoms with van der Waals surface area (Å²) in [6.45, 7) is 15.9. The van der Waals surface area contributed by atoms with Crippen molar-refractivity contribution in [1.82, 2.24) is 10.3 Å². The van der Waals surface area contributed by atoms with E-state index in [1.165, 1.54) is 5.56 Å². The normalized spacial score (nSPS) is 11.2. The van der Waals surface area contributed by atoms with Gasteiger partial charge in [0.1, 0.15) is 0 Å². The number of fused-ring (bicyclic) bond motifs is 1. The van der Waals surface area contributed by atoms with Crippen LogP contribution < -0.4 is 11.1 Å². The van der Waals surface area contributed by atoms with E-state index in [-0.39, 0.29) is 5.91 Å². The highest BCUT2D eigenvalue weighted by atomic mass is 32.2. The Hall–Kier alpha value is -3.75. The van der Waals surface area contributed by atoms with Gasteiger partial charge in [0.2, 0.25) is 0 Å². The molecule has 4 nitrogen and oxygen atoms in total. The van der Waals surface area contributed by atoms with E-state index >= 15 is 0 Å². The molecule has 1 amide bonds. The van der Waals surface area contributed by atoms with E-state index < -0.39 is 0 Å². The Kier molecular flexibility index (Phi) is 13.1. The van der Waals surface area contributed by atoms with Gasteiger partial charge in [0, 0.05) is 40.0 Å². The van der Waals surface area contributed by atoms with E-state index in [1.807, 2.05) is 57.3 Å². The molecule has 0 aliphatic rings. The SMILES string of the molecule is C/C=C(/C)S/C(=C/CCC)NC(=O)c1ccc(C)c(C#Cc2cncc3c(C)cccc23)c1.C=C(N)CCC. The molecule has 2 aromatic carbocycles. The Morgan fingerprint density at radius 3 is 2.44 bits per heavy atom. The van der Waals surface area contributed by atoms with Gasteiger partial charge in [0.15, 0.2) is 0 Å². The number of nitrogens with zero attached hydrogens (tertiary/aromatic N) is 1. The third-order valence-corrected chi connectivity index (χ3v) is 7.00. The number of nitrogens with one attached hydrogen (secondary N) is 1. The van der Waals surface area contributed by atoms with Crippen molar-refractivity contribution in [2.75, 3.05) is 0 Å². The maximum Gasteiger partial charge on any atom is 0.256 e. The molecule has 0 fully saturated rings. The lowest BCUT2D eigenvalue weighted by atomic mass is 10.0. The fourth-order valence-corrected chi connectivity index (χ4v) is 4.42. The molecule has 0 bridgehead atoms. The number of aromatic nitrogens is 1. The standard InChI is InChI=1S/C29H30N2OS.C5H11N/c1-6-8-12-28(33-22(5)7-2)31-29(32)24-14-13-20(3)23(17-24)15-16-25-18-30-19-27-21(4)10-9-11-26(25)27;1-3-4-5(2)6/h7,9-14,17-19H,6,8H2,1-5H3,(H,31,32);2-4,6H2,1H3/b22-7-,28-12+;. The maximum atomic E-state index is 13.0. The molecule has 3 rings (SSSR count). The van der Waals surface area contributed by atoms with Gasteiger partial charge in [0.25, 0.3) is 5.91 Å². The number of hydrogen-bond donors (Lipinski definition) is 2. The van der Waals surface area contributed by atoms with Gasteiger partial charge in [-0.05, 0) is 68.7 Å². The van der Waals surface area contributed by atoms with Crippen molar-refractivity contribution in [2.45, 2.75) is 67.2 Å². The molecule has 39 heavy (non-hydrogen) atoms. The molecule has 0 saturated carbocycles. The first-order valence-corrected chi connectivity index (χ1v) is 14.2. The van der Waals surface area contributed by atoms with E-state index in [0.29, 0.717) is 5.56 Å². The van der Waals surface area contributed by atoms with Crippen LogP contribution in [0.3, 0.4) is 0 Å². The molecule has 0 aliphatic heterocycles. The first-order valence-electron chi connectivity index (χ1n) is 13.4. The fourth-order valence-electron chi connectivity index (χ4n) is 3.61. The molecule has 0 atom stereocenters. The lowest BCUT2D eigenvalue weighted by Gasteiger charge is -2.11. The van der Waals surface area contributed by atoms with Crippen LogP contribution in [-0.4, -0.2) is 10.9 Å². The molecule has 3 N–H and O–H groups in total. The van der Waals surface area contributed by atoms with Gasteiger partial charge in [-0.25, -0.2) is 0 Å². The van der Waals surface area contributed by atoms with Gasteiger partial charge in [0.05, 0.1) is 10.6 Å². The second-order valence-electron chi connectivity index (χ2n) is 9.36. The largest absolute Gasteiger partial charge is 0.403 e. The van der Waals surface area contributed by atoms with E-state index in [0.717, 1.165) is 68.8 Å². The highest BCUT2D eigenvalue weighted by Gasteiger charge is 2.11. The Labute approximate surface area is 238 Å². The molecular weight excluding hydrogens is 498 g/mol.